The van der Waals surface area contributed by atoms with Crippen molar-refractivity contribution in [3.8, 4) is 5.75 Å². The summed E-state index contributed by atoms with van der Waals surface area (Å²) >= 11 is 0. The van der Waals surface area contributed by atoms with Crippen LogP contribution in [0.4, 0.5) is 0 Å². The van der Waals surface area contributed by atoms with Gasteiger partial charge in [0.05, 0.1) is 19.3 Å². The number of ether oxygens (including phenoxy) is 2. The van der Waals surface area contributed by atoms with Crippen LogP contribution in [0, 0.1) is 0 Å². The SMILES string of the molecule is COC(=O)c1cc(C=O)c2c(c1)OCCC2. The van der Waals surface area contributed by atoms with Crippen LogP contribution in [0.25, 0.3) is 0 Å². The second kappa shape index (κ2) is 4.35. The number of esters is 1. The first-order valence-corrected chi connectivity index (χ1v) is 5.09. The van der Waals surface area contributed by atoms with Gasteiger partial charge >= 0.3 is 5.97 Å². The lowest BCUT2D eigenvalue weighted by Gasteiger charge is -2.19. The number of hydrogen-bond donors (Lipinski definition) is 0. The van der Waals surface area contributed by atoms with Crippen molar-refractivity contribution in [3.63, 3.8) is 0 Å². The van der Waals surface area contributed by atoms with Crippen molar-refractivity contribution in [2.24, 2.45) is 0 Å². The third kappa shape index (κ3) is 1.78. The zero-order valence-corrected chi connectivity index (χ0v) is 8.99. The van der Waals surface area contributed by atoms with Gasteiger partial charge in [-0.15, -0.1) is 0 Å². The first-order valence-electron chi connectivity index (χ1n) is 5.09. The van der Waals surface area contributed by atoms with Gasteiger partial charge in [-0.2, -0.15) is 0 Å². The minimum atomic E-state index is -0.458. The first kappa shape index (κ1) is 10.7. The quantitative estimate of drug-likeness (QED) is 0.561. The van der Waals surface area contributed by atoms with E-state index in [9.17, 15) is 9.59 Å². The smallest absolute Gasteiger partial charge is 0.338 e. The van der Waals surface area contributed by atoms with E-state index in [0.29, 0.717) is 23.5 Å². The Morgan fingerprint density at radius 1 is 1.50 bits per heavy atom. The van der Waals surface area contributed by atoms with Gasteiger partial charge in [-0.25, -0.2) is 4.79 Å². The third-order valence-corrected chi connectivity index (χ3v) is 2.62. The number of methoxy groups -OCH3 is 1. The summed E-state index contributed by atoms with van der Waals surface area (Å²) in [5.74, 6) is 0.163. The topological polar surface area (TPSA) is 52.6 Å². The monoisotopic (exact) mass is 220 g/mol. The number of benzene rings is 1. The maximum atomic E-state index is 11.4. The molecule has 1 aliphatic rings. The maximum absolute atomic E-state index is 11.4. The van der Waals surface area contributed by atoms with Crippen LogP contribution >= 0.6 is 0 Å². The normalized spacial score (nSPS) is 13.6. The highest BCUT2D eigenvalue weighted by atomic mass is 16.5. The van der Waals surface area contributed by atoms with Gasteiger partial charge in [0.15, 0.2) is 0 Å². The molecule has 4 nitrogen and oxygen atoms in total. The number of rotatable bonds is 2. The molecule has 0 aliphatic carbocycles. The van der Waals surface area contributed by atoms with Crippen molar-refractivity contribution in [2.75, 3.05) is 13.7 Å². The highest BCUT2D eigenvalue weighted by Gasteiger charge is 2.18. The molecule has 0 amide bonds. The fraction of sp³-hybridized carbons (Fsp3) is 0.333. The average molecular weight is 220 g/mol. The molecule has 0 aromatic heterocycles. The van der Waals surface area contributed by atoms with E-state index in [1.165, 1.54) is 7.11 Å². The van der Waals surface area contributed by atoms with Crippen molar-refractivity contribution in [1.82, 2.24) is 0 Å². The minimum absolute atomic E-state index is 0.352. The number of carbonyl (C=O) groups excluding carboxylic acids is 2. The van der Waals surface area contributed by atoms with Crippen LogP contribution in [0.5, 0.6) is 5.75 Å². The molecule has 0 radical (unpaired) electrons. The summed E-state index contributed by atoms with van der Waals surface area (Å²) < 4.78 is 10.1. The van der Waals surface area contributed by atoms with Gasteiger partial charge in [-0.3, -0.25) is 4.79 Å². The zero-order chi connectivity index (χ0) is 11.5. The van der Waals surface area contributed by atoms with Crippen LogP contribution in [0.15, 0.2) is 12.1 Å². The second-order valence-electron chi connectivity index (χ2n) is 3.60. The summed E-state index contributed by atoms with van der Waals surface area (Å²) in [4.78, 5) is 22.3. The van der Waals surface area contributed by atoms with Gasteiger partial charge in [-0.1, -0.05) is 0 Å². The van der Waals surface area contributed by atoms with E-state index >= 15 is 0 Å². The minimum Gasteiger partial charge on any atom is -0.493 e. The van der Waals surface area contributed by atoms with Crippen molar-refractivity contribution < 1.29 is 19.1 Å². The van der Waals surface area contributed by atoms with Crippen LogP contribution < -0.4 is 4.74 Å². The van der Waals surface area contributed by atoms with E-state index in [4.69, 9.17) is 4.74 Å². The Morgan fingerprint density at radius 3 is 3.00 bits per heavy atom. The molecular formula is C12H12O4. The second-order valence-corrected chi connectivity index (χ2v) is 3.60. The molecular weight excluding hydrogens is 208 g/mol. The lowest BCUT2D eigenvalue weighted by Crippen LogP contribution is -2.13. The summed E-state index contributed by atoms with van der Waals surface area (Å²) in [6, 6.07) is 3.18. The Hall–Kier alpha value is -1.84. The van der Waals surface area contributed by atoms with Crippen molar-refractivity contribution in [1.29, 1.82) is 0 Å². The molecule has 4 heteroatoms. The molecule has 1 aliphatic heterocycles. The number of carbonyl (C=O) groups is 2. The molecule has 0 spiro atoms. The molecule has 1 aromatic carbocycles. The molecule has 0 N–H and O–H groups in total. The van der Waals surface area contributed by atoms with Crippen molar-refractivity contribution >= 4 is 12.3 Å². The van der Waals surface area contributed by atoms with E-state index < -0.39 is 5.97 Å². The molecule has 0 saturated carbocycles. The maximum Gasteiger partial charge on any atom is 0.338 e. The lowest BCUT2D eigenvalue weighted by atomic mass is 9.98. The highest BCUT2D eigenvalue weighted by Crippen LogP contribution is 2.29. The zero-order valence-electron chi connectivity index (χ0n) is 8.99. The highest BCUT2D eigenvalue weighted by molar-refractivity contribution is 5.93. The molecule has 1 aromatic rings. The van der Waals surface area contributed by atoms with Crippen LogP contribution in [0.1, 0.15) is 32.7 Å². The first-order chi connectivity index (χ1) is 7.76. The fourth-order valence-electron chi connectivity index (χ4n) is 1.84. The lowest BCUT2D eigenvalue weighted by molar-refractivity contribution is 0.0600. The number of fused-ring (bicyclic) bond motifs is 1. The molecule has 16 heavy (non-hydrogen) atoms. The summed E-state index contributed by atoms with van der Waals surface area (Å²) in [5.41, 5.74) is 1.75. The Balaban J connectivity index is 2.51. The van der Waals surface area contributed by atoms with E-state index in [1.54, 1.807) is 12.1 Å². The van der Waals surface area contributed by atoms with Crippen LogP contribution in [-0.2, 0) is 11.2 Å². The van der Waals surface area contributed by atoms with E-state index in [-0.39, 0.29) is 0 Å². The van der Waals surface area contributed by atoms with Gasteiger partial charge in [0.1, 0.15) is 12.0 Å². The van der Waals surface area contributed by atoms with Crippen molar-refractivity contribution in [2.45, 2.75) is 12.8 Å². The van der Waals surface area contributed by atoms with Crippen LogP contribution in [0.3, 0.4) is 0 Å². The molecule has 0 fully saturated rings. The average Bonchev–Trinajstić information content (AvgIpc) is 2.36. The van der Waals surface area contributed by atoms with E-state index in [0.717, 1.165) is 24.7 Å². The van der Waals surface area contributed by atoms with Gasteiger partial charge in [0.25, 0.3) is 0 Å². The Kier molecular flexibility index (Phi) is 2.90. The molecule has 0 atom stereocenters. The van der Waals surface area contributed by atoms with Gasteiger partial charge in [0, 0.05) is 11.1 Å². The summed E-state index contributed by atoms with van der Waals surface area (Å²) in [6.45, 7) is 0.621. The standard InChI is InChI=1S/C12H12O4/c1-15-12(14)8-5-9(7-13)10-3-2-4-16-11(10)6-8/h5-7H,2-4H2,1H3. The predicted octanol–water partition coefficient (Wildman–Crippen LogP) is 1.61. The van der Waals surface area contributed by atoms with Gasteiger partial charge in [0.2, 0.25) is 0 Å². The third-order valence-electron chi connectivity index (χ3n) is 2.62. The Labute approximate surface area is 93.2 Å². The molecule has 2 rings (SSSR count). The molecule has 0 bridgehead atoms. The summed E-state index contributed by atoms with van der Waals surface area (Å²) in [7, 11) is 1.31. The fourth-order valence-corrected chi connectivity index (χ4v) is 1.84. The number of aldehydes is 1. The van der Waals surface area contributed by atoms with Crippen LogP contribution in [0.2, 0.25) is 0 Å². The Morgan fingerprint density at radius 2 is 2.31 bits per heavy atom. The molecule has 1 heterocycles. The van der Waals surface area contributed by atoms with Crippen molar-refractivity contribution in [3.05, 3.63) is 28.8 Å². The summed E-state index contributed by atoms with van der Waals surface area (Å²) in [5, 5.41) is 0. The number of hydrogen-bond acceptors (Lipinski definition) is 4. The van der Waals surface area contributed by atoms with E-state index in [1.807, 2.05) is 0 Å². The van der Waals surface area contributed by atoms with Crippen LogP contribution in [-0.4, -0.2) is 26.0 Å². The van der Waals surface area contributed by atoms with Gasteiger partial charge < -0.3 is 9.47 Å². The Bertz CT molecular complexity index is 437. The summed E-state index contributed by atoms with van der Waals surface area (Å²) in [6.07, 6.45) is 2.45. The molecule has 0 saturated heterocycles. The molecule has 84 valence electrons. The van der Waals surface area contributed by atoms with Gasteiger partial charge in [-0.05, 0) is 25.0 Å². The molecule has 0 unspecified atom stereocenters. The van der Waals surface area contributed by atoms with E-state index in [2.05, 4.69) is 4.74 Å². The largest absolute Gasteiger partial charge is 0.493 e. The predicted molar refractivity (Wildman–Crippen MR) is 57.0 cm³/mol.